The highest BCUT2D eigenvalue weighted by molar-refractivity contribution is 9.10. The molecule has 88 valence electrons. The number of hydrogen-bond donors (Lipinski definition) is 1. The minimum Gasteiger partial charge on any atom is -0.497 e. The van der Waals surface area contributed by atoms with E-state index < -0.39 is 0 Å². The average molecular weight is 284 g/mol. The van der Waals surface area contributed by atoms with Crippen LogP contribution < -0.4 is 10.1 Å². The molecule has 1 fully saturated rings. The lowest BCUT2D eigenvalue weighted by atomic mass is 10.1. The number of benzene rings is 1. The maximum Gasteiger partial charge on any atom is 0.121 e. The smallest absolute Gasteiger partial charge is 0.121 e. The zero-order valence-electron chi connectivity index (χ0n) is 9.79. The van der Waals surface area contributed by atoms with Gasteiger partial charge in [0.2, 0.25) is 0 Å². The molecule has 0 bridgehead atoms. The van der Waals surface area contributed by atoms with E-state index >= 15 is 0 Å². The normalized spacial score (nSPS) is 24.4. The molecule has 0 radical (unpaired) electrons. The van der Waals surface area contributed by atoms with Crippen LogP contribution in [0.25, 0.3) is 0 Å². The van der Waals surface area contributed by atoms with Crippen LogP contribution in [0.2, 0.25) is 0 Å². The van der Waals surface area contributed by atoms with E-state index in [0.29, 0.717) is 6.04 Å². The number of rotatable bonds is 3. The van der Waals surface area contributed by atoms with Crippen LogP contribution in [-0.4, -0.2) is 13.2 Å². The van der Waals surface area contributed by atoms with Crippen LogP contribution in [-0.2, 0) is 0 Å². The quantitative estimate of drug-likeness (QED) is 0.903. The molecule has 0 saturated heterocycles. The second kappa shape index (κ2) is 5.09. The lowest BCUT2D eigenvalue weighted by Gasteiger charge is -2.20. The van der Waals surface area contributed by atoms with Crippen molar-refractivity contribution in [3.63, 3.8) is 0 Å². The highest BCUT2D eigenvalue weighted by atomic mass is 79.9. The Balaban J connectivity index is 2.13. The van der Waals surface area contributed by atoms with E-state index in [2.05, 4.69) is 34.2 Å². The lowest BCUT2D eigenvalue weighted by molar-refractivity contribution is 0.415. The summed E-state index contributed by atoms with van der Waals surface area (Å²) in [6.07, 6.45) is 3.94. The Kier molecular flexibility index (Phi) is 3.74. The standard InChI is InChI=1S/C13H18BrNO/c1-9-4-3-5-12(9)15-13-8-10(16-2)6-7-11(13)14/h6-9,12,15H,3-5H2,1-2H3. The number of anilines is 1. The summed E-state index contributed by atoms with van der Waals surface area (Å²) in [7, 11) is 1.70. The maximum atomic E-state index is 5.24. The Morgan fingerprint density at radius 3 is 2.81 bits per heavy atom. The molecule has 3 heteroatoms. The predicted octanol–water partition coefficient (Wildman–Crippen LogP) is 4.06. The van der Waals surface area contributed by atoms with Crippen LogP contribution in [0.15, 0.2) is 22.7 Å². The van der Waals surface area contributed by atoms with Crippen molar-refractivity contribution in [2.75, 3.05) is 12.4 Å². The molecular formula is C13H18BrNO. The summed E-state index contributed by atoms with van der Waals surface area (Å²) in [5.41, 5.74) is 1.14. The number of hydrogen-bond acceptors (Lipinski definition) is 2. The molecule has 0 spiro atoms. The van der Waals surface area contributed by atoms with Gasteiger partial charge >= 0.3 is 0 Å². The number of methoxy groups -OCH3 is 1. The summed E-state index contributed by atoms with van der Waals surface area (Å²) < 4.78 is 6.34. The molecular weight excluding hydrogens is 266 g/mol. The van der Waals surface area contributed by atoms with Crippen molar-refractivity contribution in [2.45, 2.75) is 32.2 Å². The summed E-state index contributed by atoms with van der Waals surface area (Å²) in [5, 5.41) is 3.61. The van der Waals surface area contributed by atoms with Crippen molar-refractivity contribution in [3.05, 3.63) is 22.7 Å². The number of ether oxygens (including phenoxy) is 1. The molecule has 1 aliphatic rings. The van der Waals surface area contributed by atoms with Crippen molar-refractivity contribution >= 4 is 21.6 Å². The Morgan fingerprint density at radius 2 is 2.19 bits per heavy atom. The minimum atomic E-state index is 0.600. The van der Waals surface area contributed by atoms with Crippen molar-refractivity contribution in [2.24, 2.45) is 5.92 Å². The van der Waals surface area contributed by atoms with E-state index in [4.69, 9.17) is 4.74 Å². The molecule has 0 heterocycles. The summed E-state index contributed by atoms with van der Waals surface area (Å²) in [5.74, 6) is 1.66. The highest BCUT2D eigenvalue weighted by Gasteiger charge is 2.23. The zero-order valence-corrected chi connectivity index (χ0v) is 11.4. The van der Waals surface area contributed by atoms with E-state index in [1.165, 1.54) is 19.3 Å². The molecule has 2 unspecified atom stereocenters. The molecule has 2 rings (SSSR count). The first-order chi connectivity index (χ1) is 7.70. The Labute approximate surface area is 106 Å². The third-order valence-electron chi connectivity index (χ3n) is 3.38. The van der Waals surface area contributed by atoms with Gasteiger partial charge in [0.15, 0.2) is 0 Å². The van der Waals surface area contributed by atoms with Gasteiger partial charge in [-0.2, -0.15) is 0 Å². The van der Waals surface area contributed by atoms with Crippen LogP contribution in [0.5, 0.6) is 5.75 Å². The van der Waals surface area contributed by atoms with Crippen LogP contribution in [0.4, 0.5) is 5.69 Å². The molecule has 1 N–H and O–H groups in total. The number of halogens is 1. The van der Waals surface area contributed by atoms with Gasteiger partial charge in [-0.1, -0.05) is 13.3 Å². The summed E-state index contributed by atoms with van der Waals surface area (Å²) in [6, 6.07) is 6.65. The van der Waals surface area contributed by atoms with Gasteiger partial charge in [-0.05, 0) is 46.8 Å². The molecule has 0 aromatic heterocycles. The lowest BCUT2D eigenvalue weighted by Crippen LogP contribution is -2.21. The van der Waals surface area contributed by atoms with E-state index in [0.717, 1.165) is 21.8 Å². The van der Waals surface area contributed by atoms with Gasteiger partial charge in [0.1, 0.15) is 5.75 Å². The van der Waals surface area contributed by atoms with Gasteiger partial charge in [-0.3, -0.25) is 0 Å². The first-order valence-electron chi connectivity index (χ1n) is 5.81. The van der Waals surface area contributed by atoms with E-state index in [1.54, 1.807) is 7.11 Å². The van der Waals surface area contributed by atoms with Gasteiger partial charge in [-0.15, -0.1) is 0 Å². The first-order valence-corrected chi connectivity index (χ1v) is 6.60. The SMILES string of the molecule is COc1ccc(Br)c(NC2CCCC2C)c1. The molecule has 16 heavy (non-hydrogen) atoms. The average Bonchev–Trinajstić information content (AvgIpc) is 2.68. The minimum absolute atomic E-state index is 0.600. The van der Waals surface area contributed by atoms with E-state index in [9.17, 15) is 0 Å². The Morgan fingerprint density at radius 1 is 1.38 bits per heavy atom. The number of nitrogens with one attached hydrogen (secondary N) is 1. The molecule has 0 amide bonds. The van der Waals surface area contributed by atoms with Gasteiger partial charge in [0, 0.05) is 16.6 Å². The fourth-order valence-electron chi connectivity index (χ4n) is 2.30. The van der Waals surface area contributed by atoms with E-state index in [1.807, 2.05) is 12.1 Å². The molecule has 1 saturated carbocycles. The fraction of sp³-hybridized carbons (Fsp3) is 0.538. The molecule has 2 nitrogen and oxygen atoms in total. The molecule has 2 atom stereocenters. The van der Waals surface area contributed by atoms with Gasteiger partial charge < -0.3 is 10.1 Å². The van der Waals surface area contributed by atoms with Crippen LogP contribution >= 0.6 is 15.9 Å². The molecule has 0 aliphatic heterocycles. The monoisotopic (exact) mass is 283 g/mol. The summed E-state index contributed by atoms with van der Waals surface area (Å²) in [4.78, 5) is 0. The maximum absolute atomic E-state index is 5.24. The fourth-order valence-corrected chi connectivity index (χ4v) is 2.66. The van der Waals surface area contributed by atoms with Crippen LogP contribution in [0, 0.1) is 5.92 Å². The van der Waals surface area contributed by atoms with Gasteiger partial charge in [0.05, 0.1) is 12.8 Å². The third kappa shape index (κ3) is 2.51. The van der Waals surface area contributed by atoms with Gasteiger partial charge in [-0.25, -0.2) is 0 Å². The Bertz CT molecular complexity index is 367. The van der Waals surface area contributed by atoms with Crippen molar-refractivity contribution in [1.29, 1.82) is 0 Å². The summed E-state index contributed by atoms with van der Waals surface area (Å²) >= 11 is 3.57. The molecule has 1 aromatic carbocycles. The van der Waals surface area contributed by atoms with Crippen molar-refractivity contribution in [3.8, 4) is 5.75 Å². The van der Waals surface area contributed by atoms with Crippen LogP contribution in [0.3, 0.4) is 0 Å². The summed E-state index contributed by atoms with van der Waals surface area (Å²) in [6.45, 7) is 2.32. The first kappa shape index (κ1) is 11.8. The van der Waals surface area contributed by atoms with E-state index in [-0.39, 0.29) is 0 Å². The Hall–Kier alpha value is -0.700. The van der Waals surface area contributed by atoms with Crippen molar-refractivity contribution < 1.29 is 4.74 Å². The zero-order chi connectivity index (χ0) is 11.5. The second-order valence-electron chi connectivity index (χ2n) is 4.50. The third-order valence-corrected chi connectivity index (χ3v) is 4.07. The molecule has 1 aromatic rings. The largest absolute Gasteiger partial charge is 0.497 e. The predicted molar refractivity (Wildman–Crippen MR) is 71.1 cm³/mol. The van der Waals surface area contributed by atoms with Gasteiger partial charge in [0.25, 0.3) is 0 Å². The highest BCUT2D eigenvalue weighted by Crippen LogP contribution is 2.32. The van der Waals surface area contributed by atoms with Crippen LogP contribution in [0.1, 0.15) is 26.2 Å². The van der Waals surface area contributed by atoms with Crippen molar-refractivity contribution in [1.82, 2.24) is 0 Å². The molecule has 1 aliphatic carbocycles. The topological polar surface area (TPSA) is 21.3 Å². The second-order valence-corrected chi connectivity index (χ2v) is 5.36.